The lowest BCUT2D eigenvalue weighted by Crippen LogP contribution is -2.21. The van der Waals surface area contributed by atoms with Crippen LogP contribution in [-0.4, -0.2) is 40.2 Å². The van der Waals surface area contributed by atoms with E-state index >= 15 is 0 Å². The number of carbonyl (C=O) groups is 2. The predicted octanol–water partition coefficient (Wildman–Crippen LogP) is 3.93. The number of methoxy groups -OCH3 is 1. The van der Waals surface area contributed by atoms with Gasteiger partial charge in [-0.25, -0.2) is 9.50 Å². The van der Waals surface area contributed by atoms with Crippen LogP contribution in [0.25, 0.3) is 16.6 Å². The molecule has 0 aliphatic rings. The fourth-order valence-electron chi connectivity index (χ4n) is 3.89. The zero-order chi connectivity index (χ0) is 23.5. The second kappa shape index (κ2) is 9.28. The maximum absolute atomic E-state index is 12.3. The molecule has 2 heterocycles. The van der Waals surface area contributed by atoms with Crippen LogP contribution >= 0.6 is 0 Å². The van der Waals surface area contributed by atoms with Crippen LogP contribution in [-0.2, 0) is 20.7 Å². The summed E-state index contributed by atoms with van der Waals surface area (Å²) in [5, 5.41) is 8.35. The molecule has 0 radical (unpaired) electrons. The van der Waals surface area contributed by atoms with E-state index in [1.54, 1.807) is 12.1 Å². The topological polar surface area (TPSA) is 94.8 Å². The number of esters is 1. The van der Waals surface area contributed by atoms with Crippen molar-refractivity contribution in [3.63, 3.8) is 0 Å². The van der Waals surface area contributed by atoms with Gasteiger partial charge in [-0.1, -0.05) is 18.2 Å². The van der Waals surface area contributed by atoms with Crippen LogP contribution in [0.4, 0.5) is 5.69 Å². The number of anilines is 1. The average molecular weight is 447 g/mol. The van der Waals surface area contributed by atoms with E-state index in [-0.39, 0.29) is 13.0 Å². The Morgan fingerprint density at radius 2 is 1.88 bits per heavy atom. The van der Waals surface area contributed by atoms with Gasteiger partial charge in [0.25, 0.3) is 5.91 Å². The number of aromatic nitrogens is 3. The van der Waals surface area contributed by atoms with Gasteiger partial charge in [-0.2, -0.15) is 5.10 Å². The standard InChI is InChI=1S/C25H26N4O4/c1-15-9-11-22(32-4)21(13-15)27-23(30)14-33-24(31)12-10-18-16(2)26-25-19-7-5-6-8-20(19)28-29(25)17(18)3/h5-9,11,13H,10,12,14H2,1-4H3,(H,27,30). The summed E-state index contributed by atoms with van der Waals surface area (Å²) < 4.78 is 12.3. The van der Waals surface area contributed by atoms with Gasteiger partial charge in [0.1, 0.15) is 5.75 Å². The monoisotopic (exact) mass is 446 g/mol. The van der Waals surface area contributed by atoms with E-state index in [4.69, 9.17) is 14.5 Å². The van der Waals surface area contributed by atoms with Crippen LogP contribution in [0.3, 0.4) is 0 Å². The van der Waals surface area contributed by atoms with Crippen LogP contribution in [0.2, 0.25) is 0 Å². The number of amides is 1. The molecule has 8 nitrogen and oxygen atoms in total. The summed E-state index contributed by atoms with van der Waals surface area (Å²) in [6, 6.07) is 13.3. The maximum Gasteiger partial charge on any atom is 0.306 e. The van der Waals surface area contributed by atoms with Gasteiger partial charge in [-0.3, -0.25) is 9.59 Å². The van der Waals surface area contributed by atoms with Gasteiger partial charge in [0.05, 0.1) is 18.3 Å². The molecule has 2 aromatic carbocycles. The smallest absolute Gasteiger partial charge is 0.306 e. The molecule has 0 spiro atoms. The molecule has 4 rings (SSSR count). The molecule has 4 aromatic rings. The Balaban J connectivity index is 1.38. The number of ether oxygens (including phenoxy) is 2. The summed E-state index contributed by atoms with van der Waals surface area (Å²) in [7, 11) is 1.53. The Morgan fingerprint density at radius 1 is 1.09 bits per heavy atom. The fourth-order valence-corrected chi connectivity index (χ4v) is 3.89. The van der Waals surface area contributed by atoms with E-state index in [9.17, 15) is 9.59 Å². The van der Waals surface area contributed by atoms with E-state index in [0.29, 0.717) is 17.9 Å². The normalized spacial score (nSPS) is 11.0. The van der Waals surface area contributed by atoms with Gasteiger partial charge in [0.15, 0.2) is 12.3 Å². The van der Waals surface area contributed by atoms with E-state index in [0.717, 1.165) is 39.1 Å². The molecule has 0 saturated heterocycles. The molecule has 0 unspecified atom stereocenters. The number of fused-ring (bicyclic) bond motifs is 3. The van der Waals surface area contributed by atoms with E-state index < -0.39 is 11.9 Å². The van der Waals surface area contributed by atoms with Gasteiger partial charge in [0.2, 0.25) is 0 Å². The van der Waals surface area contributed by atoms with Crippen molar-refractivity contribution in [3.8, 4) is 5.75 Å². The van der Waals surface area contributed by atoms with Crippen molar-refractivity contribution in [2.45, 2.75) is 33.6 Å². The van der Waals surface area contributed by atoms with E-state index in [1.807, 2.05) is 55.6 Å². The molecule has 0 atom stereocenters. The predicted molar refractivity (Wildman–Crippen MR) is 126 cm³/mol. The lowest BCUT2D eigenvalue weighted by Gasteiger charge is -2.12. The second-order valence-corrected chi connectivity index (χ2v) is 7.93. The number of nitrogens with one attached hydrogen (secondary N) is 1. The largest absolute Gasteiger partial charge is 0.495 e. The highest BCUT2D eigenvalue weighted by molar-refractivity contribution is 5.94. The summed E-state index contributed by atoms with van der Waals surface area (Å²) >= 11 is 0. The molecule has 0 aliphatic carbocycles. The summed E-state index contributed by atoms with van der Waals surface area (Å²) in [6.45, 7) is 5.45. The minimum absolute atomic E-state index is 0.136. The molecule has 1 N–H and O–H groups in total. The minimum Gasteiger partial charge on any atom is -0.495 e. The zero-order valence-corrected chi connectivity index (χ0v) is 19.1. The second-order valence-electron chi connectivity index (χ2n) is 7.93. The van der Waals surface area contributed by atoms with Crippen molar-refractivity contribution < 1.29 is 19.1 Å². The lowest BCUT2D eigenvalue weighted by molar-refractivity contribution is -0.147. The third-order valence-electron chi connectivity index (χ3n) is 5.59. The maximum atomic E-state index is 12.3. The van der Waals surface area contributed by atoms with Crippen molar-refractivity contribution in [1.82, 2.24) is 14.6 Å². The van der Waals surface area contributed by atoms with Crippen LogP contribution in [0.15, 0.2) is 42.5 Å². The van der Waals surface area contributed by atoms with Crippen molar-refractivity contribution in [3.05, 3.63) is 65.0 Å². The van der Waals surface area contributed by atoms with Crippen LogP contribution in [0.5, 0.6) is 5.75 Å². The number of hydrogen-bond donors (Lipinski definition) is 1. The summed E-state index contributed by atoms with van der Waals surface area (Å²) in [5.74, 6) is -0.336. The van der Waals surface area contributed by atoms with Gasteiger partial charge in [-0.05, 0) is 62.6 Å². The van der Waals surface area contributed by atoms with E-state index in [2.05, 4.69) is 10.4 Å². The molecule has 0 bridgehead atoms. The molecular weight excluding hydrogens is 420 g/mol. The number of rotatable bonds is 7. The average Bonchev–Trinajstić information content (AvgIpc) is 3.16. The Bertz CT molecular complexity index is 1360. The Labute approximate surface area is 191 Å². The third kappa shape index (κ3) is 4.64. The van der Waals surface area contributed by atoms with Gasteiger partial charge in [-0.15, -0.1) is 0 Å². The van der Waals surface area contributed by atoms with Gasteiger partial charge >= 0.3 is 5.97 Å². The molecule has 8 heteroatoms. The number of hydrogen-bond acceptors (Lipinski definition) is 6. The summed E-state index contributed by atoms with van der Waals surface area (Å²) in [4.78, 5) is 29.3. The highest BCUT2D eigenvalue weighted by Gasteiger charge is 2.16. The highest BCUT2D eigenvalue weighted by Crippen LogP contribution is 2.25. The first-order valence-electron chi connectivity index (χ1n) is 10.7. The molecule has 33 heavy (non-hydrogen) atoms. The minimum atomic E-state index is -0.453. The van der Waals surface area contributed by atoms with Crippen molar-refractivity contribution >= 4 is 34.1 Å². The van der Waals surface area contributed by atoms with Gasteiger partial charge < -0.3 is 14.8 Å². The fraction of sp³-hybridized carbons (Fsp3) is 0.280. The molecule has 0 fully saturated rings. The summed E-state index contributed by atoms with van der Waals surface area (Å²) in [5.41, 5.74) is 5.92. The highest BCUT2D eigenvalue weighted by atomic mass is 16.5. The van der Waals surface area contributed by atoms with Crippen molar-refractivity contribution in [2.24, 2.45) is 0 Å². The number of benzene rings is 2. The number of carbonyl (C=O) groups excluding carboxylic acids is 2. The molecule has 170 valence electrons. The van der Waals surface area contributed by atoms with Crippen molar-refractivity contribution in [2.75, 3.05) is 19.0 Å². The molecule has 0 saturated carbocycles. The molecule has 2 aromatic heterocycles. The Morgan fingerprint density at radius 3 is 2.67 bits per heavy atom. The third-order valence-corrected chi connectivity index (χ3v) is 5.59. The van der Waals surface area contributed by atoms with Gasteiger partial charge in [0, 0.05) is 23.2 Å². The first-order valence-corrected chi connectivity index (χ1v) is 10.7. The first-order chi connectivity index (χ1) is 15.9. The number of nitrogens with zero attached hydrogens (tertiary/aromatic N) is 3. The van der Waals surface area contributed by atoms with Crippen LogP contribution in [0, 0.1) is 20.8 Å². The molecule has 0 aliphatic heterocycles. The lowest BCUT2D eigenvalue weighted by atomic mass is 10.1. The summed E-state index contributed by atoms with van der Waals surface area (Å²) in [6.07, 6.45) is 0.583. The zero-order valence-electron chi connectivity index (χ0n) is 19.1. The van der Waals surface area contributed by atoms with Crippen LogP contribution < -0.4 is 10.1 Å². The Hall–Kier alpha value is -3.94. The molecule has 1 amide bonds. The number of aryl methyl sites for hydroxylation is 3. The molecular formula is C25H26N4O4. The quantitative estimate of drug-likeness (QED) is 0.432. The Kier molecular flexibility index (Phi) is 6.26. The SMILES string of the molecule is COc1ccc(C)cc1NC(=O)COC(=O)CCc1c(C)nc2c3ccccc3nn2c1C. The first kappa shape index (κ1) is 22.3. The van der Waals surface area contributed by atoms with Crippen LogP contribution in [0.1, 0.15) is 28.9 Å². The van der Waals surface area contributed by atoms with E-state index in [1.165, 1.54) is 7.11 Å². The van der Waals surface area contributed by atoms with Crippen molar-refractivity contribution in [1.29, 1.82) is 0 Å².